The van der Waals surface area contributed by atoms with Crippen LogP contribution in [-0.4, -0.2) is 68.0 Å². The molecule has 0 aliphatic carbocycles. The normalized spacial score (nSPS) is 25.7. The highest BCUT2D eigenvalue weighted by Crippen LogP contribution is 2.32. The molecule has 41 heavy (non-hydrogen) atoms. The Labute approximate surface area is 246 Å². The second-order valence-electron chi connectivity index (χ2n) is 12.4. The van der Waals surface area contributed by atoms with E-state index in [1.165, 1.54) is 30.4 Å². The van der Waals surface area contributed by atoms with E-state index >= 15 is 0 Å². The van der Waals surface area contributed by atoms with Gasteiger partial charge in [0.2, 0.25) is 0 Å². The Hall–Kier alpha value is -2.48. The fraction of sp³-hybridized carbons (Fsp3) is 0.647. The van der Waals surface area contributed by atoms with E-state index in [0.29, 0.717) is 23.9 Å². The summed E-state index contributed by atoms with van der Waals surface area (Å²) in [5.41, 5.74) is 5.14. The maximum absolute atomic E-state index is 13.5. The highest BCUT2D eigenvalue weighted by molar-refractivity contribution is 5.96. The van der Waals surface area contributed by atoms with Crippen molar-refractivity contribution < 1.29 is 19.0 Å². The number of pyridine rings is 1. The van der Waals surface area contributed by atoms with Gasteiger partial charge in [-0.2, -0.15) is 0 Å². The first kappa shape index (κ1) is 30.0. The number of hydrogen-bond acceptors (Lipinski definition) is 6. The van der Waals surface area contributed by atoms with Gasteiger partial charge in [0, 0.05) is 39.5 Å². The van der Waals surface area contributed by atoms with E-state index < -0.39 is 0 Å². The van der Waals surface area contributed by atoms with Gasteiger partial charge in [0.1, 0.15) is 0 Å². The Balaban J connectivity index is 1.08. The molecule has 0 spiro atoms. The first-order valence-corrected chi connectivity index (χ1v) is 15.8. The molecular weight excluding hydrogens is 514 g/mol. The van der Waals surface area contributed by atoms with Crippen molar-refractivity contribution in [3.63, 3.8) is 0 Å². The first-order chi connectivity index (χ1) is 20.0. The Morgan fingerprint density at radius 1 is 1.05 bits per heavy atom. The van der Waals surface area contributed by atoms with Crippen molar-refractivity contribution in [2.45, 2.75) is 89.9 Å². The van der Waals surface area contributed by atoms with Gasteiger partial charge < -0.3 is 24.4 Å². The zero-order valence-electron chi connectivity index (χ0n) is 25.3. The lowest BCUT2D eigenvalue weighted by atomic mass is 9.86. The molecule has 3 saturated heterocycles. The average molecular weight is 564 g/mol. The molecule has 3 fully saturated rings. The highest BCUT2D eigenvalue weighted by atomic mass is 16.5. The summed E-state index contributed by atoms with van der Waals surface area (Å²) in [5, 5.41) is 3.55. The van der Waals surface area contributed by atoms with Gasteiger partial charge in [0.05, 0.1) is 42.4 Å². The molecule has 0 saturated carbocycles. The molecule has 2 aromatic rings. The van der Waals surface area contributed by atoms with Crippen LogP contribution in [0, 0.1) is 25.7 Å². The molecule has 224 valence electrons. The third-order valence-corrected chi connectivity index (χ3v) is 9.60. The molecule has 3 aliphatic rings. The van der Waals surface area contributed by atoms with Gasteiger partial charge in [-0.1, -0.05) is 42.7 Å². The molecule has 0 radical (unpaired) electrons. The largest absolute Gasteiger partial charge is 0.381 e. The van der Waals surface area contributed by atoms with Crippen LogP contribution in [0.5, 0.6) is 0 Å². The topological polar surface area (TPSA) is 72.9 Å². The highest BCUT2D eigenvalue weighted by Gasteiger charge is 2.28. The number of rotatable bonds is 10. The zero-order valence-corrected chi connectivity index (χ0v) is 25.3. The molecule has 4 atom stereocenters. The number of hydrogen-bond donors (Lipinski definition) is 1. The fourth-order valence-electron chi connectivity index (χ4n) is 6.83. The number of ether oxygens (including phenoxy) is 3. The summed E-state index contributed by atoms with van der Waals surface area (Å²) < 4.78 is 17.7. The monoisotopic (exact) mass is 563 g/mol. The van der Waals surface area contributed by atoms with Crippen molar-refractivity contribution >= 4 is 11.6 Å². The molecule has 1 N–H and O–H groups in total. The zero-order chi connectivity index (χ0) is 28.6. The van der Waals surface area contributed by atoms with E-state index in [9.17, 15) is 4.79 Å². The van der Waals surface area contributed by atoms with Gasteiger partial charge in [-0.3, -0.25) is 9.78 Å². The number of nitrogens with zero attached hydrogens (tertiary/aromatic N) is 2. The summed E-state index contributed by atoms with van der Waals surface area (Å²) in [6.45, 7) is 8.11. The maximum atomic E-state index is 13.5. The molecule has 1 aromatic heterocycles. The summed E-state index contributed by atoms with van der Waals surface area (Å²) >= 11 is 0. The van der Waals surface area contributed by atoms with E-state index in [2.05, 4.69) is 41.5 Å². The molecule has 7 heteroatoms. The third-order valence-electron chi connectivity index (χ3n) is 9.60. The minimum atomic E-state index is 0.107. The average Bonchev–Trinajstić information content (AvgIpc) is 3.01. The second kappa shape index (κ2) is 14.6. The van der Waals surface area contributed by atoms with Crippen LogP contribution in [0.4, 0.5) is 5.69 Å². The van der Waals surface area contributed by atoms with Crippen molar-refractivity contribution in [1.82, 2.24) is 9.88 Å². The van der Waals surface area contributed by atoms with Crippen molar-refractivity contribution in [2.75, 3.05) is 45.3 Å². The van der Waals surface area contributed by atoms with Crippen molar-refractivity contribution in [3.05, 3.63) is 58.9 Å². The van der Waals surface area contributed by atoms with Crippen molar-refractivity contribution in [3.8, 4) is 0 Å². The van der Waals surface area contributed by atoms with E-state index in [4.69, 9.17) is 14.2 Å². The summed E-state index contributed by atoms with van der Waals surface area (Å²) in [7, 11) is 1.80. The predicted octanol–water partition coefficient (Wildman–Crippen LogP) is 6.49. The Bertz CT molecular complexity index is 1120. The van der Waals surface area contributed by atoms with E-state index in [0.717, 1.165) is 76.1 Å². The van der Waals surface area contributed by atoms with Gasteiger partial charge in [-0.25, -0.2) is 0 Å². The number of carbonyl (C=O) groups is 1. The van der Waals surface area contributed by atoms with E-state index in [1.807, 2.05) is 18.0 Å². The minimum Gasteiger partial charge on any atom is -0.381 e. The van der Waals surface area contributed by atoms with Crippen LogP contribution >= 0.6 is 0 Å². The van der Waals surface area contributed by atoms with Gasteiger partial charge in [0.25, 0.3) is 5.91 Å². The van der Waals surface area contributed by atoms with Gasteiger partial charge in [0.15, 0.2) is 0 Å². The van der Waals surface area contributed by atoms with Crippen LogP contribution in [0.3, 0.4) is 0 Å². The van der Waals surface area contributed by atoms with Crippen molar-refractivity contribution in [1.29, 1.82) is 0 Å². The molecule has 1 amide bonds. The molecular formula is C34H49N3O4. The predicted molar refractivity (Wildman–Crippen MR) is 162 cm³/mol. The number of benzene rings is 1. The summed E-state index contributed by atoms with van der Waals surface area (Å²) in [5.74, 6) is 1.42. The Kier molecular flexibility index (Phi) is 10.7. The van der Waals surface area contributed by atoms with E-state index in [1.54, 1.807) is 13.3 Å². The van der Waals surface area contributed by atoms with Gasteiger partial charge >= 0.3 is 0 Å². The smallest absolute Gasteiger partial charge is 0.255 e. The van der Waals surface area contributed by atoms with Crippen LogP contribution in [0.15, 0.2) is 36.7 Å². The Morgan fingerprint density at radius 2 is 1.85 bits per heavy atom. The molecule has 0 bridgehead atoms. The number of piperidine rings is 1. The summed E-state index contributed by atoms with van der Waals surface area (Å²) in [4.78, 5) is 20.0. The number of aryl methyl sites for hydroxylation is 1. The molecule has 5 rings (SSSR count). The van der Waals surface area contributed by atoms with Crippen LogP contribution in [0.2, 0.25) is 0 Å². The number of amides is 1. The standard InChI is InChI=1S/C34H49N3O4/c1-24-10-12-28(13-11-24)32-9-5-8-29(41-32)20-36-31-22-35-21-30(25(31)2)34(38)37-17-14-26(15-18-37)6-4-7-27-16-19-40-23-33(27)39-3/h10-13,21-22,26-27,29,32-33,36H,4-9,14-20,23H2,1-3H3. The minimum absolute atomic E-state index is 0.107. The number of aromatic nitrogens is 1. The lowest BCUT2D eigenvalue weighted by Crippen LogP contribution is -2.39. The van der Waals surface area contributed by atoms with Crippen LogP contribution < -0.4 is 5.32 Å². The van der Waals surface area contributed by atoms with Crippen LogP contribution in [0.25, 0.3) is 0 Å². The first-order valence-electron chi connectivity index (χ1n) is 15.8. The van der Waals surface area contributed by atoms with Gasteiger partial charge in [-0.15, -0.1) is 0 Å². The molecule has 1 aromatic carbocycles. The quantitative estimate of drug-likeness (QED) is 0.356. The number of methoxy groups -OCH3 is 1. The summed E-state index contributed by atoms with van der Waals surface area (Å²) in [6, 6.07) is 8.69. The summed E-state index contributed by atoms with van der Waals surface area (Å²) in [6.07, 6.45) is 14.3. The molecule has 4 unspecified atom stereocenters. The lowest BCUT2D eigenvalue weighted by Gasteiger charge is -2.34. The lowest BCUT2D eigenvalue weighted by molar-refractivity contribution is -0.0680. The van der Waals surface area contributed by atoms with Gasteiger partial charge in [-0.05, 0) is 81.8 Å². The van der Waals surface area contributed by atoms with Crippen LogP contribution in [-0.2, 0) is 14.2 Å². The number of likely N-dealkylation sites (tertiary alicyclic amines) is 1. The molecule has 4 heterocycles. The van der Waals surface area contributed by atoms with Crippen LogP contribution in [0.1, 0.15) is 90.9 Å². The van der Waals surface area contributed by atoms with Crippen molar-refractivity contribution in [2.24, 2.45) is 11.8 Å². The molecule has 3 aliphatic heterocycles. The second-order valence-corrected chi connectivity index (χ2v) is 12.4. The number of nitrogens with one attached hydrogen (secondary N) is 1. The Morgan fingerprint density at radius 3 is 2.63 bits per heavy atom. The molecule has 7 nitrogen and oxygen atoms in total. The number of carbonyl (C=O) groups excluding carboxylic acids is 1. The fourth-order valence-corrected chi connectivity index (χ4v) is 6.83. The third kappa shape index (κ3) is 7.88. The number of anilines is 1. The SMILES string of the molecule is COC1COCCC1CCCC1CCN(C(=O)c2cncc(NCC3CCCC(c4ccc(C)cc4)O3)c2C)CC1. The van der Waals surface area contributed by atoms with E-state index in [-0.39, 0.29) is 24.2 Å². The maximum Gasteiger partial charge on any atom is 0.255 e.